The van der Waals surface area contributed by atoms with Gasteiger partial charge in [-0.3, -0.25) is 0 Å². The van der Waals surface area contributed by atoms with Crippen LogP contribution < -0.4 is 0 Å². The lowest BCUT2D eigenvalue weighted by atomic mass is 9.87. The van der Waals surface area contributed by atoms with Crippen LogP contribution in [0.15, 0.2) is 46.9 Å². The number of fused-ring (bicyclic) bond motifs is 1. The Morgan fingerprint density at radius 2 is 1.67 bits per heavy atom. The minimum Gasteiger partial charge on any atom is -0.478 e. The van der Waals surface area contributed by atoms with Crippen LogP contribution in [0.3, 0.4) is 0 Å². The van der Waals surface area contributed by atoms with E-state index in [9.17, 15) is 4.79 Å². The molecule has 0 spiro atoms. The second-order valence-corrected chi connectivity index (χ2v) is 6.33. The normalized spacial score (nSPS) is 10.8. The van der Waals surface area contributed by atoms with E-state index in [0.29, 0.717) is 17.0 Å². The Morgan fingerprint density at radius 3 is 2.21 bits per heavy atom. The summed E-state index contributed by atoms with van der Waals surface area (Å²) in [6.45, 7) is 6.48. The number of carboxylic acid groups (broad SMARTS) is 1. The first-order chi connectivity index (χ1) is 10.3. The van der Waals surface area contributed by atoms with Crippen molar-refractivity contribution in [2.45, 2.75) is 41.0 Å². The summed E-state index contributed by atoms with van der Waals surface area (Å²) in [4.78, 5) is 15.4. The highest BCUT2D eigenvalue weighted by atomic mass is 16.4. The van der Waals surface area contributed by atoms with Crippen molar-refractivity contribution in [3.05, 3.63) is 53.6 Å². The van der Waals surface area contributed by atoms with Crippen LogP contribution in [0.1, 0.15) is 51.5 Å². The molecule has 3 aromatic rings. The maximum atomic E-state index is 11.0. The average Bonchev–Trinajstić information content (AvgIpc) is 2.89. The molecule has 0 amide bonds. The highest BCUT2D eigenvalue weighted by molar-refractivity contribution is 5.92. The van der Waals surface area contributed by atoms with Crippen LogP contribution in [0.25, 0.3) is 22.6 Å². The van der Waals surface area contributed by atoms with E-state index in [1.165, 1.54) is 17.7 Å². The number of carbonyl (C=O) groups is 1. The number of oxazole rings is 1. The molecule has 4 heteroatoms. The lowest BCUT2D eigenvalue weighted by Gasteiger charge is -2.18. The summed E-state index contributed by atoms with van der Waals surface area (Å²) >= 11 is 0. The molecule has 0 aliphatic heterocycles. The maximum Gasteiger partial charge on any atom is 0.335 e. The van der Waals surface area contributed by atoms with Gasteiger partial charge in [0.2, 0.25) is 5.89 Å². The Labute approximate surface area is 143 Å². The lowest BCUT2D eigenvalue weighted by Crippen LogP contribution is -2.10. The van der Waals surface area contributed by atoms with E-state index >= 15 is 0 Å². The third kappa shape index (κ3) is 3.65. The smallest absolute Gasteiger partial charge is 0.335 e. The minimum absolute atomic E-state index is 0. The van der Waals surface area contributed by atoms with Crippen LogP contribution in [0, 0.1) is 0 Å². The molecule has 3 rings (SSSR count). The van der Waals surface area contributed by atoms with Crippen molar-refractivity contribution in [2.24, 2.45) is 0 Å². The van der Waals surface area contributed by atoms with Crippen LogP contribution in [0.2, 0.25) is 0 Å². The van der Waals surface area contributed by atoms with Gasteiger partial charge in [0.1, 0.15) is 5.52 Å². The zero-order valence-electron chi connectivity index (χ0n) is 12.8. The number of nitrogens with zero attached hydrogens (tertiary/aromatic N) is 1. The molecule has 0 unspecified atom stereocenters. The molecule has 0 saturated heterocycles. The topological polar surface area (TPSA) is 63.3 Å². The van der Waals surface area contributed by atoms with Gasteiger partial charge in [0.25, 0.3) is 0 Å². The summed E-state index contributed by atoms with van der Waals surface area (Å²) in [5, 5.41) is 9.02. The van der Waals surface area contributed by atoms with Crippen molar-refractivity contribution in [1.82, 2.24) is 4.98 Å². The summed E-state index contributed by atoms with van der Waals surface area (Å²) in [6.07, 6.45) is 0. The van der Waals surface area contributed by atoms with Crippen molar-refractivity contribution >= 4 is 17.1 Å². The van der Waals surface area contributed by atoms with Crippen molar-refractivity contribution in [1.29, 1.82) is 0 Å². The molecular weight excluding hydrogens is 302 g/mol. The fraction of sp³-hybridized carbons (Fsp3) is 0.300. The van der Waals surface area contributed by atoms with E-state index in [2.05, 4.69) is 37.9 Å². The minimum atomic E-state index is -0.971. The quantitative estimate of drug-likeness (QED) is 0.649. The molecule has 4 nitrogen and oxygen atoms in total. The number of rotatable bonds is 2. The Bertz CT molecular complexity index is 839. The van der Waals surface area contributed by atoms with Crippen molar-refractivity contribution in [3.63, 3.8) is 0 Å². The first kappa shape index (κ1) is 19.4. The molecule has 0 bridgehead atoms. The summed E-state index contributed by atoms with van der Waals surface area (Å²) in [5.41, 5.74) is 3.54. The number of benzene rings is 2. The molecule has 0 aliphatic rings. The Kier molecular flexibility index (Phi) is 5.56. The molecular formula is C20H25NO3. The molecule has 0 radical (unpaired) electrons. The monoisotopic (exact) mass is 327 g/mol. The first-order valence-electron chi connectivity index (χ1n) is 7.09. The van der Waals surface area contributed by atoms with Gasteiger partial charge in [0, 0.05) is 5.56 Å². The van der Waals surface area contributed by atoms with E-state index in [0.717, 1.165) is 5.56 Å². The van der Waals surface area contributed by atoms with Gasteiger partial charge in [0.15, 0.2) is 5.58 Å². The van der Waals surface area contributed by atoms with Gasteiger partial charge in [0.05, 0.1) is 5.56 Å². The summed E-state index contributed by atoms with van der Waals surface area (Å²) < 4.78 is 5.71. The lowest BCUT2D eigenvalue weighted by molar-refractivity contribution is 0.0697. The van der Waals surface area contributed by atoms with Gasteiger partial charge >= 0.3 is 5.97 Å². The van der Waals surface area contributed by atoms with Crippen LogP contribution in [-0.2, 0) is 5.41 Å². The molecule has 24 heavy (non-hydrogen) atoms. The Hall–Kier alpha value is -2.62. The number of aromatic nitrogens is 1. The van der Waals surface area contributed by atoms with E-state index in [1.807, 2.05) is 12.1 Å². The van der Waals surface area contributed by atoms with Crippen LogP contribution >= 0.6 is 0 Å². The number of aromatic carboxylic acids is 1. The molecule has 0 aliphatic carbocycles. The summed E-state index contributed by atoms with van der Waals surface area (Å²) in [6, 6.07) is 12.8. The Balaban J connectivity index is 0.00000144. The molecule has 0 atom stereocenters. The van der Waals surface area contributed by atoms with Crippen molar-refractivity contribution in [2.75, 3.05) is 0 Å². The third-order valence-electron chi connectivity index (χ3n) is 3.63. The predicted molar refractivity (Wildman–Crippen MR) is 98.6 cm³/mol. The van der Waals surface area contributed by atoms with Gasteiger partial charge < -0.3 is 9.52 Å². The fourth-order valence-corrected chi connectivity index (χ4v) is 2.30. The molecule has 0 fully saturated rings. The molecule has 1 aromatic heterocycles. The SMILES string of the molecule is C.C.CC(C)(C)c1ccc(-c2nc3cc(C(=O)O)ccc3o2)cc1. The molecule has 1 N–H and O–H groups in total. The predicted octanol–water partition coefficient (Wildman–Crippen LogP) is 5.76. The number of carboxylic acids is 1. The fourth-order valence-electron chi connectivity index (χ4n) is 2.30. The second kappa shape index (κ2) is 6.87. The van der Waals surface area contributed by atoms with Gasteiger partial charge in [-0.25, -0.2) is 9.78 Å². The van der Waals surface area contributed by atoms with Gasteiger partial charge in [-0.05, 0) is 41.3 Å². The van der Waals surface area contributed by atoms with E-state index in [-0.39, 0.29) is 25.8 Å². The van der Waals surface area contributed by atoms with Crippen molar-refractivity contribution in [3.8, 4) is 11.5 Å². The first-order valence-corrected chi connectivity index (χ1v) is 7.09. The van der Waals surface area contributed by atoms with Gasteiger partial charge in [-0.2, -0.15) is 0 Å². The van der Waals surface area contributed by atoms with Gasteiger partial charge in [-0.15, -0.1) is 0 Å². The highest BCUT2D eigenvalue weighted by Gasteiger charge is 2.15. The summed E-state index contributed by atoms with van der Waals surface area (Å²) in [7, 11) is 0. The van der Waals surface area contributed by atoms with Crippen LogP contribution in [0.4, 0.5) is 0 Å². The third-order valence-corrected chi connectivity index (χ3v) is 3.63. The maximum absolute atomic E-state index is 11.0. The zero-order chi connectivity index (χ0) is 15.9. The van der Waals surface area contributed by atoms with E-state index in [1.54, 1.807) is 6.07 Å². The Morgan fingerprint density at radius 1 is 1.04 bits per heavy atom. The summed E-state index contributed by atoms with van der Waals surface area (Å²) in [5.74, 6) is -0.473. The van der Waals surface area contributed by atoms with E-state index in [4.69, 9.17) is 9.52 Å². The number of hydrogen-bond donors (Lipinski definition) is 1. The standard InChI is InChI=1S/C18H17NO3.2CH4/c1-18(2,3)13-7-4-11(5-8-13)16-19-14-10-12(17(20)21)6-9-15(14)22-16;;/h4-10H,1-3H3,(H,20,21);2*1H4. The molecule has 2 aromatic carbocycles. The zero-order valence-corrected chi connectivity index (χ0v) is 12.8. The second-order valence-electron chi connectivity index (χ2n) is 6.33. The van der Waals surface area contributed by atoms with Crippen LogP contribution in [-0.4, -0.2) is 16.1 Å². The van der Waals surface area contributed by atoms with Gasteiger partial charge in [-0.1, -0.05) is 47.8 Å². The molecule has 0 saturated carbocycles. The largest absolute Gasteiger partial charge is 0.478 e. The van der Waals surface area contributed by atoms with Crippen molar-refractivity contribution < 1.29 is 14.3 Å². The number of hydrogen-bond acceptors (Lipinski definition) is 3. The molecule has 1 heterocycles. The molecule has 128 valence electrons. The van der Waals surface area contributed by atoms with Crippen LogP contribution in [0.5, 0.6) is 0 Å². The highest BCUT2D eigenvalue weighted by Crippen LogP contribution is 2.28. The average molecular weight is 327 g/mol. The van der Waals surface area contributed by atoms with E-state index < -0.39 is 5.97 Å².